The van der Waals surface area contributed by atoms with Crippen molar-refractivity contribution in [3.05, 3.63) is 21.9 Å². The number of thiophene rings is 1. The summed E-state index contributed by atoms with van der Waals surface area (Å²) in [5.74, 6) is 0. The minimum atomic E-state index is 0.501. The Kier molecular flexibility index (Phi) is 6.69. The van der Waals surface area contributed by atoms with Crippen LogP contribution in [-0.4, -0.2) is 20.3 Å². The van der Waals surface area contributed by atoms with Crippen LogP contribution in [0.2, 0.25) is 0 Å². The first-order valence-electron chi connectivity index (χ1n) is 6.04. The second-order valence-corrected chi connectivity index (χ2v) is 4.90. The van der Waals surface area contributed by atoms with E-state index >= 15 is 0 Å². The molecule has 0 radical (unpaired) electrons. The average Bonchev–Trinajstić information content (AvgIpc) is 2.70. The van der Waals surface area contributed by atoms with Crippen molar-refractivity contribution in [2.45, 2.75) is 39.2 Å². The summed E-state index contributed by atoms with van der Waals surface area (Å²) in [5.41, 5.74) is 2.88. The topological polar surface area (TPSA) is 21.3 Å². The summed E-state index contributed by atoms with van der Waals surface area (Å²) < 4.78 is 5.12. The van der Waals surface area contributed by atoms with Gasteiger partial charge in [0.2, 0.25) is 0 Å². The SMILES string of the molecule is CCCNC(CCCOC)c1cscc1C. The molecule has 0 aromatic carbocycles. The molecular formula is C13H23NOS. The van der Waals surface area contributed by atoms with Gasteiger partial charge < -0.3 is 10.1 Å². The fraction of sp³-hybridized carbons (Fsp3) is 0.692. The summed E-state index contributed by atoms with van der Waals surface area (Å²) in [5, 5.41) is 8.12. The zero-order chi connectivity index (χ0) is 11.8. The van der Waals surface area contributed by atoms with Gasteiger partial charge in [0.1, 0.15) is 0 Å². The van der Waals surface area contributed by atoms with Crippen LogP contribution in [0.25, 0.3) is 0 Å². The largest absolute Gasteiger partial charge is 0.385 e. The van der Waals surface area contributed by atoms with Gasteiger partial charge in [0.05, 0.1) is 0 Å². The number of rotatable bonds is 8. The highest BCUT2D eigenvalue weighted by atomic mass is 32.1. The first kappa shape index (κ1) is 13.7. The Morgan fingerprint density at radius 1 is 1.44 bits per heavy atom. The van der Waals surface area contributed by atoms with E-state index in [0.717, 1.165) is 26.0 Å². The number of ether oxygens (including phenoxy) is 1. The molecule has 0 fully saturated rings. The maximum Gasteiger partial charge on any atom is 0.0462 e. The molecule has 3 heteroatoms. The molecule has 1 unspecified atom stereocenters. The zero-order valence-corrected chi connectivity index (χ0v) is 11.4. The first-order chi connectivity index (χ1) is 7.79. The van der Waals surface area contributed by atoms with Crippen LogP contribution < -0.4 is 5.32 Å². The fourth-order valence-electron chi connectivity index (χ4n) is 1.85. The Balaban J connectivity index is 2.53. The van der Waals surface area contributed by atoms with E-state index < -0.39 is 0 Å². The summed E-state index contributed by atoms with van der Waals surface area (Å²) in [7, 11) is 1.77. The van der Waals surface area contributed by atoms with Crippen LogP contribution in [-0.2, 0) is 4.74 Å². The molecule has 0 bridgehead atoms. The maximum atomic E-state index is 5.12. The van der Waals surface area contributed by atoms with E-state index in [1.54, 1.807) is 18.4 Å². The summed E-state index contributed by atoms with van der Waals surface area (Å²) in [6.07, 6.45) is 3.46. The molecule has 16 heavy (non-hydrogen) atoms. The van der Waals surface area contributed by atoms with Gasteiger partial charge in [-0.3, -0.25) is 0 Å². The quantitative estimate of drug-likeness (QED) is 0.703. The van der Waals surface area contributed by atoms with Crippen molar-refractivity contribution in [1.29, 1.82) is 0 Å². The highest BCUT2D eigenvalue weighted by molar-refractivity contribution is 7.08. The molecule has 1 aromatic rings. The van der Waals surface area contributed by atoms with E-state index in [2.05, 4.69) is 29.9 Å². The van der Waals surface area contributed by atoms with Gasteiger partial charge in [-0.25, -0.2) is 0 Å². The minimum absolute atomic E-state index is 0.501. The van der Waals surface area contributed by atoms with E-state index in [1.807, 2.05) is 0 Å². The summed E-state index contributed by atoms with van der Waals surface area (Å²) in [6.45, 7) is 6.35. The van der Waals surface area contributed by atoms with Gasteiger partial charge in [-0.05, 0) is 54.6 Å². The molecule has 1 rings (SSSR count). The van der Waals surface area contributed by atoms with Gasteiger partial charge in [-0.2, -0.15) is 11.3 Å². The van der Waals surface area contributed by atoms with Crippen molar-refractivity contribution in [1.82, 2.24) is 5.32 Å². The molecule has 0 spiro atoms. The molecule has 0 aliphatic heterocycles. The molecule has 0 aliphatic rings. The number of hydrogen-bond donors (Lipinski definition) is 1. The van der Waals surface area contributed by atoms with Crippen molar-refractivity contribution in [2.24, 2.45) is 0 Å². The maximum absolute atomic E-state index is 5.12. The second-order valence-electron chi connectivity index (χ2n) is 4.15. The lowest BCUT2D eigenvalue weighted by molar-refractivity contribution is 0.188. The minimum Gasteiger partial charge on any atom is -0.385 e. The van der Waals surface area contributed by atoms with Crippen LogP contribution >= 0.6 is 11.3 Å². The molecule has 0 aliphatic carbocycles. The molecule has 0 saturated carbocycles. The number of hydrogen-bond acceptors (Lipinski definition) is 3. The lowest BCUT2D eigenvalue weighted by Gasteiger charge is -2.18. The first-order valence-corrected chi connectivity index (χ1v) is 6.98. The number of methoxy groups -OCH3 is 1. The predicted octanol–water partition coefficient (Wildman–Crippen LogP) is 3.52. The third-order valence-electron chi connectivity index (χ3n) is 2.75. The van der Waals surface area contributed by atoms with Gasteiger partial charge in [-0.15, -0.1) is 0 Å². The zero-order valence-electron chi connectivity index (χ0n) is 10.6. The number of nitrogens with one attached hydrogen (secondary N) is 1. The smallest absolute Gasteiger partial charge is 0.0462 e. The molecule has 2 nitrogen and oxygen atoms in total. The Labute approximate surface area is 103 Å². The van der Waals surface area contributed by atoms with E-state index in [0.29, 0.717) is 6.04 Å². The average molecular weight is 241 g/mol. The van der Waals surface area contributed by atoms with Crippen LogP contribution in [0.15, 0.2) is 10.8 Å². The van der Waals surface area contributed by atoms with Crippen LogP contribution in [0.4, 0.5) is 0 Å². The van der Waals surface area contributed by atoms with Gasteiger partial charge in [0, 0.05) is 19.8 Å². The highest BCUT2D eigenvalue weighted by Gasteiger charge is 2.13. The van der Waals surface area contributed by atoms with Crippen LogP contribution in [0.5, 0.6) is 0 Å². The van der Waals surface area contributed by atoms with Crippen LogP contribution in [0, 0.1) is 6.92 Å². The van der Waals surface area contributed by atoms with E-state index in [4.69, 9.17) is 4.74 Å². The molecule has 0 saturated heterocycles. The molecular weight excluding hydrogens is 218 g/mol. The second kappa shape index (κ2) is 7.82. The molecule has 1 aromatic heterocycles. The van der Waals surface area contributed by atoms with E-state index in [9.17, 15) is 0 Å². The van der Waals surface area contributed by atoms with Gasteiger partial charge in [-0.1, -0.05) is 6.92 Å². The Morgan fingerprint density at radius 2 is 2.25 bits per heavy atom. The lowest BCUT2D eigenvalue weighted by Crippen LogP contribution is -2.22. The van der Waals surface area contributed by atoms with Gasteiger partial charge in [0.25, 0.3) is 0 Å². The van der Waals surface area contributed by atoms with Crippen molar-refractivity contribution in [2.75, 3.05) is 20.3 Å². The van der Waals surface area contributed by atoms with Gasteiger partial charge in [0.15, 0.2) is 0 Å². The molecule has 92 valence electrons. The molecule has 1 atom stereocenters. The Bertz CT molecular complexity index is 285. The van der Waals surface area contributed by atoms with E-state index in [-0.39, 0.29) is 0 Å². The lowest BCUT2D eigenvalue weighted by atomic mass is 10.0. The molecule has 1 heterocycles. The summed E-state index contributed by atoms with van der Waals surface area (Å²) in [6, 6.07) is 0.501. The highest BCUT2D eigenvalue weighted by Crippen LogP contribution is 2.25. The van der Waals surface area contributed by atoms with Crippen molar-refractivity contribution in [3.8, 4) is 0 Å². The summed E-state index contributed by atoms with van der Waals surface area (Å²) in [4.78, 5) is 0. The van der Waals surface area contributed by atoms with Crippen LogP contribution in [0.3, 0.4) is 0 Å². The Hall–Kier alpha value is -0.380. The Morgan fingerprint density at radius 3 is 2.81 bits per heavy atom. The van der Waals surface area contributed by atoms with E-state index in [1.165, 1.54) is 17.5 Å². The normalized spacial score (nSPS) is 12.9. The third kappa shape index (κ3) is 4.24. The number of aryl methyl sites for hydroxylation is 1. The molecule has 0 amide bonds. The predicted molar refractivity (Wildman–Crippen MR) is 71.2 cm³/mol. The van der Waals surface area contributed by atoms with Crippen molar-refractivity contribution >= 4 is 11.3 Å². The molecule has 1 N–H and O–H groups in total. The third-order valence-corrected chi connectivity index (χ3v) is 3.63. The van der Waals surface area contributed by atoms with Gasteiger partial charge >= 0.3 is 0 Å². The van der Waals surface area contributed by atoms with Crippen molar-refractivity contribution < 1.29 is 4.74 Å². The standard InChI is InChI=1S/C13H23NOS/c1-4-7-14-13(6-5-8-15-3)12-10-16-9-11(12)2/h9-10,13-14H,4-8H2,1-3H3. The van der Waals surface area contributed by atoms with Crippen molar-refractivity contribution in [3.63, 3.8) is 0 Å². The monoisotopic (exact) mass is 241 g/mol. The van der Waals surface area contributed by atoms with Crippen LogP contribution in [0.1, 0.15) is 43.4 Å². The summed E-state index contributed by atoms with van der Waals surface area (Å²) >= 11 is 1.80. The fourth-order valence-corrected chi connectivity index (χ4v) is 2.75.